The number of nitrogens with zero attached hydrogens (tertiary/aromatic N) is 2. The van der Waals surface area contributed by atoms with Crippen LogP contribution in [0.1, 0.15) is 25.5 Å². The van der Waals surface area contributed by atoms with Gasteiger partial charge in [0, 0.05) is 16.0 Å². The monoisotopic (exact) mass is 343 g/mol. The van der Waals surface area contributed by atoms with E-state index in [1.54, 1.807) is 11.0 Å². The standard InChI is InChI=1S/C13H15BrClN3O/c1-7(2)6-18-11(12(16)17-13(18)19)9-5-8(15)3-4-10(9)14/h3-5,7,11H,6H2,1-2H3,(H2,16,17,19). The average molecular weight is 345 g/mol. The lowest BCUT2D eigenvalue weighted by Crippen LogP contribution is -2.36. The Labute approximate surface area is 125 Å². The number of carbonyl (C=O) groups excluding carboxylic acids is 1. The van der Waals surface area contributed by atoms with Crippen molar-refractivity contribution >= 4 is 39.4 Å². The van der Waals surface area contributed by atoms with E-state index in [-0.39, 0.29) is 12.1 Å². The topological polar surface area (TPSA) is 58.7 Å². The molecule has 6 heteroatoms. The van der Waals surface area contributed by atoms with Crippen LogP contribution in [-0.2, 0) is 0 Å². The number of aliphatic imine (C=N–C) groups is 1. The van der Waals surface area contributed by atoms with E-state index in [1.165, 1.54) is 0 Å². The van der Waals surface area contributed by atoms with Crippen LogP contribution in [0.25, 0.3) is 0 Å². The summed E-state index contributed by atoms with van der Waals surface area (Å²) in [5, 5.41) is 0.606. The first-order chi connectivity index (χ1) is 8.90. The van der Waals surface area contributed by atoms with Crippen LogP contribution in [-0.4, -0.2) is 23.3 Å². The molecule has 1 aliphatic heterocycles. The molecule has 2 amide bonds. The van der Waals surface area contributed by atoms with Gasteiger partial charge >= 0.3 is 6.03 Å². The third-order valence-corrected chi connectivity index (χ3v) is 3.83. The first kappa shape index (κ1) is 14.3. The summed E-state index contributed by atoms with van der Waals surface area (Å²) < 4.78 is 0.864. The molecule has 0 aliphatic carbocycles. The fourth-order valence-electron chi connectivity index (χ4n) is 2.13. The van der Waals surface area contributed by atoms with E-state index in [0.717, 1.165) is 10.0 Å². The molecule has 1 heterocycles. The maximum absolute atomic E-state index is 11.9. The molecule has 0 saturated heterocycles. The second-order valence-corrected chi connectivity index (χ2v) is 6.22. The quantitative estimate of drug-likeness (QED) is 0.911. The summed E-state index contributed by atoms with van der Waals surface area (Å²) in [4.78, 5) is 17.5. The summed E-state index contributed by atoms with van der Waals surface area (Å²) >= 11 is 9.50. The van der Waals surface area contributed by atoms with Crippen molar-refractivity contribution in [3.63, 3.8) is 0 Å². The van der Waals surface area contributed by atoms with Gasteiger partial charge in [-0.3, -0.25) is 0 Å². The van der Waals surface area contributed by atoms with E-state index in [0.29, 0.717) is 23.3 Å². The zero-order chi connectivity index (χ0) is 14.2. The zero-order valence-corrected chi connectivity index (χ0v) is 13.1. The number of nitrogens with two attached hydrogens (primary N) is 1. The Morgan fingerprint density at radius 1 is 1.53 bits per heavy atom. The van der Waals surface area contributed by atoms with Gasteiger partial charge in [-0.2, -0.15) is 4.99 Å². The first-order valence-electron chi connectivity index (χ1n) is 5.99. The zero-order valence-electron chi connectivity index (χ0n) is 10.7. The fourth-order valence-corrected chi connectivity index (χ4v) is 2.78. The SMILES string of the molecule is CC(C)CN1C(=O)N=C(N)C1c1cc(Cl)ccc1Br. The molecule has 1 aliphatic rings. The molecule has 19 heavy (non-hydrogen) atoms. The van der Waals surface area contributed by atoms with Gasteiger partial charge in [-0.25, -0.2) is 4.79 Å². The lowest BCUT2D eigenvalue weighted by Gasteiger charge is -2.27. The van der Waals surface area contributed by atoms with E-state index in [2.05, 4.69) is 20.9 Å². The van der Waals surface area contributed by atoms with Gasteiger partial charge in [0.2, 0.25) is 0 Å². The summed E-state index contributed by atoms with van der Waals surface area (Å²) in [7, 11) is 0. The Balaban J connectivity index is 2.42. The van der Waals surface area contributed by atoms with Crippen LogP contribution in [0.5, 0.6) is 0 Å². The molecule has 0 fully saturated rings. The van der Waals surface area contributed by atoms with Gasteiger partial charge in [-0.1, -0.05) is 41.4 Å². The van der Waals surface area contributed by atoms with Gasteiger partial charge in [0.25, 0.3) is 0 Å². The van der Waals surface area contributed by atoms with Crippen LogP contribution < -0.4 is 5.73 Å². The lowest BCUT2D eigenvalue weighted by molar-refractivity contribution is 0.198. The van der Waals surface area contributed by atoms with Crippen LogP contribution in [0.3, 0.4) is 0 Å². The second kappa shape index (κ2) is 5.51. The molecular weight excluding hydrogens is 330 g/mol. The van der Waals surface area contributed by atoms with Crippen molar-refractivity contribution in [3.05, 3.63) is 33.3 Å². The predicted molar refractivity (Wildman–Crippen MR) is 80.5 cm³/mol. The van der Waals surface area contributed by atoms with Gasteiger partial charge in [0.1, 0.15) is 11.9 Å². The van der Waals surface area contributed by atoms with Gasteiger partial charge in [-0.15, -0.1) is 0 Å². The molecule has 2 N–H and O–H groups in total. The Bertz CT molecular complexity index is 545. The maximum Gasteiger partial charge on any atom is 0.346 e. The minimum Gasteiger partial charge on any atom is -0.385 e. The van der Waals surface area contributed by atoms with Gasteiger partial charge in [0.05, 0.1) is 0 Å². The predicted octanol–water partition coefficient (Wildman–Crippen LogP) is 3.59. The van der Waals surface area contributed by atoms with Crippen molar-refractivity contribution in [2.45, 2.75) is 19.9 Å². The van der Waals surface area contributed by atoms with E-state index in [1.807, 2.05) is 26.0 Å². The van der Waals surface area contributed by atoms with E-state index >= 15 is 0 Å². The molecule has 1 aromatic rings. The fraction of sp³-hybridized carbons (Fsp3) is 0.385. The summed E-state index contributed by atoms with van der Waals surface area (Å²) in [6.45, 7) is 4.70. The van der Waals surface area contributed by atoms with Crippen LogP contribution in [0.15, 0.2) is 27.7 Å². The minimum absolute atomic E-state index is 0.289. The van der Waals surface area contributed by atoms with Crippen LogP contribution in [0.4, 0.5) is 4.79 Å². The van der Waals surface area contributed by atoms with E-state index < -0.39 is 0 Å². The molecule has 0 radical (unpaired) electrons. The Morgan fingerprint density at radius 2 is 2.21 bits per heavy atom. The van der Waals surface area contributed by atoms with Crippen molar-refractivity contribution in [1.29, 1.82) is 0 Å². The first-order valence-corrected chi connectivity index (χ1v) is 7.17. The van der Waals surface area contributed by atoms with Crippen LogP contribution in [0, 0.1) is 5.92 Å². The number of rotatable bonds is 3. The highest BCUT2D eigenvalue weighted by Crippen LogP contribution is 2.34. The number of carbonyl (C=O) groups is 1. The average Bonchev–Trinajstić information content (AvgIpc) is 2.57. The molecule has 0 bridgehead atoms. The third-order valence-electron chi connectivity index (χ3n) is 2.88. The van der Waals surface area contributed by atoms with Crippen molar-refractivity contribution in [1.82, 2.24) is 4.90 Å². The number of amides is 2. The number of halogens is 2. The smallest absolute Gasteiger partial charge is 0.346 e. The molecule has 2 rings (SSSR count). The van der Waals surface area contributed by atoms with Crippen molar-refractivity contribution in [2.24, 2.45) is 16.6 Å². The highest BCUT2D eigenvalue weighted by Gasteiger charge is 2.35. The molecule has 0 aromatic heterocycles. The molecule has 1 atom stereocenters. The molecule has 1 aromatic carbocycles. The lowest BCUT2D eigenvalue weighted by atomic mass is 10.0. The van der Waals surface area contributed by atoms with Gasteiger partial charge < -0.3 is 10.6 Å². The number of urea groups is 1. The van der Waals surface area contributed by atoms with E-state index in [9.17, 15) is 4.79 Å². The van der Waals surface area contributed by atoms with Crippen molar-refractivity contribution < 1.29 is 4.79 Å². The number of amidine groups is 1. The van der Waals surface area contributed by atoms with Gasteiger partial charge in [0.15, 0.2) is 0 Å². The Morgan fingerprint density at radius 3 is 2.84 bits per heavy atom. The molecule has 0 saturated carbocycles. The summed E-state index contributed by atoms with van der Waals surface area (Å²) in [6, 6.07) is 4.81. The maximum atomic E-state index is 11.9. The number of hydrogen-bond acceptors (Lipinski definition) is 2. The van der Waals surface area contributed by atoms with Crippen molar-refractivity contribution in [3.8, 4) is 0 Å². The number of benzene rings is 1. The Kier molecular flexibility index (Phi) is 4.16. The van der Waals surface area contributed by atoms with Crippen LogP contribution in [0.2, 0.25) is 5.02 Å². The van der Waals surface area contributed by atoms with Crippen LogP contribution >= 0.6 is 27.5 Å². The molecular formula is C13H15BrClN3O. The summed E-state index contributed by atoms with van der Waals surface area (Å²) in [5.74, 6) is 0.652. The normalized spacial score (nSPS) is 19.2. The highest BCUT2D eigenvalue weighted by molar-refractivity contribution is 9.10. The molecule has 1 unspecified atom stereocenters. The summed E-state index contributed by atoms with van der Waals surface area (Å²) in [5.41, 5.74) is 6.77. The number of hydrogen-bond donors (Lipinski definition) is 1. The Hall–Kier alpha value is -1.07. The largest absolute Gasteiger partial charge is 0.385 e. The highest BCUT2D eigenvalue weighted by atomic mass is 79.9. The molecule has 4 nitrogen and oxygen atoms in total. The van der Waals surface area contributed by atoms with Crippen molar-refractivity contribution in [2.75, 3.05) is 6.54 Å². The van der Waals surface area contributed by atoms with Gasteiger partial charge in [-0.05, 0) is 29.7 Å². The third kappa shape index (κ3) is 2.92. The molecule has 0 spiro atoms. The van der Waals surface area contributed by atoms with E-state index in [4.69, 9.17) is 17.3 Å². The minimum atomic E-state index is -0.344. The second-order valence-electron chi connectivity index (χ2n) is 4.93. The molecule has 102 valence electrons. The summed E-state index contributed by atoms with van der Waals surface area (Å²) in [6.07, 6.45) is 0.